The molecule has 1 amide bonds. The number of hydrogen-bond donors (Lipinski definition) is 0. The van der Waals surface area contributed by atoms with Gasteiger partial charge in [-0.25, -0.2) is 0 Å². The van der Waals surface area contributed by atoms with Gasteiger partial charge in [0, 0.05) is 37.9 Å². The van der Waals surface area contributed by atoms with Crippen molar-refractivity contribution in [1.82, 2.24) is 14.8 Å². The third-order valence-electron chi connectivity index (χ3n) is 4.95. The maximum absolute atomic E-state index is 12.8. The Morgan fingerprint density at radius 2 is 2.00 bits per heavy atom. The van der Waals surface area contributed by atoms with Crippen LogP contribution in [0.1, 0.15) is 42.4 Å². The molecule has 0 radical (unpaired) electrons. The van der Waals surface area contributed by atoms with Crippen LogP contribution in [0.4, 0.5) is 0 Å². The fraction of sp³-hybridized carbons (Fsp3) is 0.400. The topological polar surface area (TPSA) is 36.4 Å². The van der Waals surface area contributed by atoms with Gasteiger partial charge in [0.05, 0.1) is 0 Å². The molecule has 0 saturated carbocycles. The van der Waals surface area contributed by atoms with E-state index in [4.69, 9.17) is 0 Å². The van der Waals surface area contributed by atoms with Crippen LogP contribution in [0.25, 0.3) is 0 Å². The van der Waals surface area contributed by atoms with E-state index >= 15 is 0 Å². The minimum Gasteiger partial charge on any atom is -0.333 e. The number of rotatable bonds is 5. The van der Waals surface area contributed by atoms with Crippen LogP contribution in [0.2, 0.25) is 0 Å². The van der Waals surface area contributed by atoms with Crippen molar-refractivity contribution >= 4 is 5.91 Å². The van der Waals surface area contributed by atoms with Crippen LogP contribution >= 0.6 is 0 Å². The molecule has 4 heteroatoms. The van der Waals surface area contributed by atoms with Crippen LogP contribution in [0.5, 0.6) is 0 Å². The predicted octanol–water partition coefficient (Wildman–Crippen LogP) is 3.38. The molecule has 126 valence electrons. The highest BCUT2D eigenvalue weighted by Gasteiger charge is 2.32. The standard InChI is InChI=1S/C20H25N3O/c1-3-23(20(24)19-11-7-8-13-21-19)18-12-14-22(15-18)16(2)17-9-5-4-6-10-17/h4-11,13,16,18H,3,12,14-15H2,1-2H3/t16-,18+/m1/s1. The molecular weight excluding hydrogens is 298 g/mol. The Morgan fingerprint density at radius 3 is 2.67 bits per heavy atom. The molecule has 0 N–H and O–H groups in total. The van der Waals surface area contributed by atoms with Crippen LogP contribution in [0.15, 0.2) is 54.7 Å². The molecule has 1 aromatic heterocycles. The highest BCUT2D eigenvalue weighted by Crippen LogP contribution is 2.27. The summed E-state index contributed by atoms with van der Waals surface area (Å²) in [7, 11) is 0. The summed E-state index contributed by atoms with van der Waals surface area (Å²) in [6.07, 6.45) is 2.70. The van der Waals surface area contributed by atoms with E-state index in [1.165, 1.54) is 5.56 Å². The van der Waals surface area contributed by atoms with Crippen molar-refractivity contribution in [3.05, 3.63) is 66.0 Å². The zero-order valence-electron chi connectivity index (χ0n) is 14.4. The molecule has 2 aromatic rings. The van der Waals surface area contributed by atoms with Gasteiger partial charge in [0.1, 0.15) is 5.69 Å². The van der Waals surface area contributed by atoms with Gasteiger partial charge < -0.3 is 4.90 Å². The number of carbonyl (C=O) groups excluding carboxylic acids is 1. The van der Waals surface area contributed by atoms with E-state index in [0.29, 0.717) is 18.3 Å². The van der Waals surface area contributed by atoms with E-state index in [1.807, 2.05) is 30.0 Å². The molecule has 2 heterocycles. The Bertz CT molecular complexity index is 659. The first-order valence-electron chi connectivity index (χ1n) is 8.71. The van der Waals surface area contributed by atoms with E-state index in [9.17, 15) is 4.79 Å². The number of amides is 1. The number of carbonyl (C=O) groups is 1. The number of likely N-dealkylation sites (tertiary alicyclic amines) is 1. The Morgan fingerprint density at radius 1 is 1.25 bits per heavy atom. The van der Waals surface area contributed by atoms with Gasteiger partial charge in [-0.05, 0) is 38.0 Å². The Balaban J connectivity index is 1.68. The first kappa shape index (κ1) is 16.7. The summed E-state index contributed by atoms with van der Waals surface area (Å²) >= 11 is 0. The largest absolute Gasteiger partial charge is 0.333 e. The molecular formula is C20H25N3O. The second kappa shape index (κ2) is 7.58. The van der Waals surface area contributed by atoms with E-state index in [2.05, 4.69) is 41.1 Å². The molecule has 0 spiro atoms. The molecule has 3 rings (SSSR count). The predicted molar refractivity (Wildman–Crippen MR) is 95.8 cm³/mol. The van der Waals surface area contributed by atoms with Crippen molar-refractivity contribution in [2.24, 2.45) is 0 Å². The molecule has 4 nitrogen and oxygen atoms in total. The summed E-state index contributed by atoms with van der Waals surface area (Å²) in [4.78, 5) is 21.4. The second-order valence-corrected chi connectivity index (χ2v) is 6.33. The highest BCUT2D eigenvalue weighted by atomic mass is 16.2. The van der Waals surface area contributed by atoms with Crippen LogP contribution in [-0.4, -0.2) is 46.4 Å². The van der Waals surface area contributed by atoms with Crippen molar-refractivity contribution in [2.45, 2.75) is 32.4 Å². The fourth-order valence-electron chi connectivity index (χ4n) is 3.52. The lowest BCUT2D eigenvalue weighted by molar-refractivity contribution is 0.0683. The zero-order valence-corrected chi connectivity index (χ0v) is 14.4. The van der Waals surface area contributed by atoms with Gasteiger partial charge in [-0.2, -0.15) is 0 Å². The molecule has 0 bridgehead atoms. The number of likely N-dealkylation sites (N-methyl/N-ethyl adjacent to an activating group) is 1. The average Bonchev–Trinajstić information content (AvgIpc) is 3.13. The summed E-state index contributed by atoms with van der Waals surface area (Å²) in [6.45, 7) is 6.95. The number of aromatic nitrogens is 1. The van der Waals surface area contributed by atoms with Crippen molar-refractivity contribution in [3.63, 3.8) is 0 Å². The van der Waals surface area contributed by atoms with Gasteiger partial charge in [-0.15, -0.1) is 0 Å². The normalized spacial score (nSPS) is 19.2. The van der Waals surface area contributed by atoms with Gasteiger partial charge in [0.15, 0.2) is 0 Å². The maximum atomic E-state index is 12.8. The molecule has 0 unspecified atom stereocenters. The van der Waals surface area contributed by atoms with E-state index in [-0.39, 0.29) is 11.9 Å². The highest BCUT2D eigenvalue weighted by molar-refractivity contribution is 5.92. The minimum atomic E-state index is 0.0392. The SMILES string of the molecule is CCN(C(=O)c1ccccn1)[C@H]1CCN([C@H](C)c2ccccc2)C1. The van der Waals surface area contributed by atoms with Crippen LogP contribution in [0.3, 0.4) is 0 Å². The van der Waals surface area contributed by atoms with E-state index < -0.39 is 0 Å². The van der Waals surface area contributed by atoms with E-state index in [0.717, 1.165) is 19.5 Å². The number of hydrogen-bond acceptors (Lipinski definition) is 3. The van der Waals surface area contributed by atoms with Gasteiger partial charge >= 0.3 is 0 Å². The number of nitrogens with zero attached hydrogens (tertiary/aromatic N) is 3. The molecule has 24 heavy (non-hydrogen) atoms. The van der Waals surface area contributed by atoms with Crippen LogP contribution < -0.4 is 0 Å². The van der Waals surface area contributed by atoms with Gasteiger partial charge in [0.25, 0.3) is 5.91 Å². The van der Waals surface area contributed by atoms with Crippen LogP contribution in [-0.2, 0) is 0 Å². The fourth-order valence-corrected chi connectivity index (χ4v) is 3.52. The molecule has 1 aromatic carbocycles. The lowest BCUT2D eigenvalue weighted by Crippen LogP contribution is -2.42. The molecule has 0 aliphatic carbocycles. The van der Waals surface area contributed by atoms with Crippen LogP contribution in [0, 0.1) is 0 Å². The minimum absolute atomic E-state index is 0.0392. The first-order valence-corrected chi connectivity index (χ1v) is 8.71. The Hall–Kier alpha value is -2.20. The lowest BCUT2D eigenvalue weighted by Gasteiger charge is -2.29. The summed E-state index contributed by atoms with van der Waals surface area (Å²) in [5, 5.41) is 0. The molecule has 1 saturated heterocycles. The summed E-state index contributed by atoms with van der Waals surface area (Å²) in [5.41, 5.74) is 1.87. The van der Waals surface area contributed by atoms with Gasteiger partial charge in [-0.3, -0.25) is 14.7 Å². The van der Waals surface area contributed by atoms with Gasteiger partial charge in [-0.1, -0.05) is 36.4 Å². The Kier molecular flexibility index (Phi) is 5.26. The summed E-state index contributed by atoms with van der Waals surface area (Å²) < 4.78 is 0. The van der Waals surface area contributed by atoms with Gasteiger partial charge in [0.2, 0.25) is 0 Å². The summed E-state index contributed by atoms with van der Waals surface area (Å²) in [5.74, 6) is 0.0392. The quantitative estimate of drug-likeness (QED) is 0.846. The lowest BCUT2D eigenvalue weighted by atomic mass is 10.1. The summed E-state index contributed by atoms with van der Waals surface area (Å²) in [6, 6.07) is 16.7. The van der Waals surface area contributed by atoms with Crippen molar-refractivity contribution in [2.75, 3.05) is 19.6 Å². The monoisotopic (exact) mass is 323 g/mol. The van der Waals surface area contributed by atoms with E-state index in [1.54, 1.807) is 12.3 Å². The van der Waals surface area contributed by atoms with Crippen molar-refractivity contribution < 1.29 is 4.79 Å². The smallest absolute Gasteiger partial charge is 0.272 e. The number of pyridine rings is 1. The third kappa shape index (κ3) is 3.49. The Labute approximate surface area is 144 Å². The molecule has 1 aliphatic rings. The second-order valence-electron chi connectivity index (χ2n) is 6.33. The maximum Gasteiger partial charge on any atom is 0.272 e. The zero-order chi connectivity index (χ0) is 16.9. The van der Waals surface area contributed by atoms with Crippen molar-refractivity contribution in [3.8, 4) is 0 Å². The molecule has 2 atom stereocenters. The molecule has 1 aliphatic heterocycles. The first-order chi connectivity index (χ1) is 11.7. The number of benzene rings is 1. The van der Waals surface area contributed by atoms with Crippen molar-refractivity contribution in [1.29, 1.82) is 0 Å². The average molecular weight is 323 g/mol. The third-order valence-corrected chi connectivity index (χ3v) is 4.95. The molecule has 1 fully saturated rings.